The van der Waals surface area contributed by atoms with E-state index < -0.39 is 6.10 Å². The summed E-state index contributed by atoms with van der Waals surface area (Å²) in [5.41, 5.74) is 2.08. The van der Waals surface area contributed by atoms with Gasteiger partial charge in [0, 0.05) is 0 Å². The van der Waals surface area contributed by atoms with E-state index in [9.17, 15) is 5.11 Å². The van der Waals surface area contributed by atoms with Gasteiger partial charge >= 0.3 is 0 Å². The highest BCUT2D eigenvalue weighted by atomic mass is 16.5. The molecule has 0 radical (unpaired) electrons. The van der Waals surface area contributed by atoms with E-state index in [4.69, 9.17) is 4.74 Å². The summed E-state index contributed by atoms with van der Waals surface area (Å²) in [5, 5.41) is 10.4. The van der Waals surface area contributed by atoms with Gasteiger partial charge < -0.3 is 9.84 Å². The van der Waals surface area contributed by atoms with Crippen LogP contribution in [-0.2, 0) is 4.74 Å². The molecule has 17 heavy (non-hydrogen) atoms. The van der Waals surface area contributed by atoms with Crippen molar-refractivity contribution in [3.63, 3.8) is 0 Å². The van der Waals surface area contributed by atoms with Gasteiger partial charge in [0.2, 0.25) is 0 Å². The molecule has 2 rings (SSSR count). The number of fused-ring (bicyclic) bond motifs is 1. The molecule has 1 aromatic carbocycles. The molecule has 3 unspecified atom stereocenters. The lowest BCUT2D eigenvalue weighted by Crippen LogP contribution is -2.36. The molecule has 0 bridgehead atoms. The van der Waals surface area contributed by atoms with Gasteiger partial charge in [-0.2, -0.15) is 0 Å². The van der Waals surface area contributed by atoms with Crippen molar-refractivity contribution in [3.05, 3.63) is 35.4 Å². The van der Waals surface area contributed by atoms with Gasteiger partial charge in [0.25, 0.3) is 0 Å². The topological polar surface area (TPSA) is 29.5 Å². The second-order valence-electron chi connectivity index (χ2n) is 5.98. The monoisotopic (exact) mass is 234 g/mol. The van der Waals surface area contributed by atoms with Crippen LogP contribution >= 0.6 is 0 Å². The van der Waals surface area contributed by atoms with Crippen molar-refractivity contribution in [1.29, 1.82) is 0 Å². The molecule has 1 aromatic rings. The minimum atomic E-state index is -0.498. The standard InChI is InChI=1S/C15H22O2/c1-10-9-13(17-15(2,3)4)14(16)12-8-6-5-7-11(10)12/h5-8,10,13-14,16H,9H2,1-4H3. The Balaban J connectivity index is 2.27. The molecule has 0 spiro atoms. The molecule has 0 amide bonds. The third kappa shape index (κ3) is 2.70. The first-order valence-electron chi connectivity index (χ1n) is 6.33. The fourth-order valence-corrected chi connectivity index (χ4v) is 2.60. The minimum Gasteiger partial charge on any atom is -0.386 e. The molecule has 0 heterocycles. The predicted molar refractivity (Wildman–Crippen MR) is 69.1 cm³/mol. The Bertz CT molecular complexity index is 392. The van der Waals surface area contributed by atoms with Crippen molar-refractivity contribution in [2.24, 2.45) is 0 Å². The molecular weight excluding hydrogens is 212 g/mol. The Morgan fingerprint density at radius 2 is 1.76 bits per heavy atom. The molecule has 0 aliphatic heterocycles. The van der Waals surface area contributed by atoms with Crippen LogP contribution in [0.3, 0.4) is 0 Å². The lowest BCUT2D eigenvalue weighted by atomic mass is 9.80. The lowest BCUT2D eigenvalue weighted by molar-refractivity contribution is -0.121. The second-order valence-corrected chi connectivity index (χ2v) is 5.98. The first-order valence-corrected chi connectivity index (χ1v) is 6.33. The van der Waals surface area contributed by atoms with Gasteiger partial charge in [0.1, 0.15) is 6.10 Å². The summed E-state index contributed by atoms with van der Waals surface area (Å²) >= 11 is 0. The molecule has 2 nitrogen and oxygen atoms in total. The van der Waals surface area contributed by atoms with Gasteiger partial charge in [-0.25, -0.2) is 0 Å². The van der Waals surface area contributed by atoms with Gasteiger partial charge in [0.05, 0.1) is 11.7 Å². The molecule has 1 aliphatic rings. The summed E-state index contributed by atoms with van der Waals surface area (Å²) in [6, 6.07) is 8.13. The number of benzene rings is 1. The quantitative estimate of drug-likeness (QED) is 0.807. The summed E-state index contributed by atoms with van der Waals surface area (Å²) < 4.78 is 5.97. The highest BCUT2D eigenvalue weighted by Gasteiger charge is 2.34. The zero-order valence-corrected chi connectivity index (χ0v) is 11.1. The third-order valence-corrected chi connectivity index (χ3v) is 3.29. The maximum Gasteiger partial charge on any atom is 0.105 e. The Labute approximate surface area is 104 Å². The van der Waals surface area contributed by atoms with E-state index in [0.29, 0.717) is 5.92 Å². The maximum absolute atomic E-state index is 10.4. The van der Waals surface area contributed by atoms with Gasteiger partial charge in [0.15, 0.2) is 0 Å². The SMILES string of the molecule is CC1CC(OC(C)(C)C)C(O)c2ccccc21. The molecule has 1 N–H and O–H groups in total. The van der Waals surface area contributed by atoms with Gasteiger partial charge in [-0.3, -0.25) is 0 Å². The number of ether oxygens (including phenoxy) is 1. The molecule has 0 saturated carbocycles. The second kappa shape index (κ2) is 4.43. The molecule has 1 aliphatic carbocycles. The number of aliphatic hydroxyl groups is 1. The largest absolute Gasteiger partial charge is 0.386 e. The van der Waals surface area contributed by atoms with E-state index in [0.717, 1.165) is 12.0 Å². The number of hydrogen-bond acceptors (Lipinski definition) is 2. The Hall–Kier alpha value is -0.860. The van der Waals surface area contributed by atoms with Crippen LogP contribution in [0.15, 0.2) is 24.3 Å². The fraction of sp³-hybridized carbons (Fsp3) is 0.600. The van der Waals surface area contributed by atoms with Gasteiger partial charge in [-0.05, 0) is 44.2 Å². The number of aliphatic hydroxyl groups excluding tert-OH is 1. The average Bonchev–Trinajstić information content (AvgIpc) is 2.24. The summed E-state index contributed by atoms with van der Waals surface area (Å²) in [5.74, 6) is 0.446. The van der Waals surface area contributed by atoms with Crippen molar-refractivity contribution in [2.45, 2.75) is 57.8 Å². The molecule has 0 fully saturated rings. The van der Waals surface area contributed by atoms with E-state index in [1.807, 2.05) is 39.0 Å². The van der Waals surface area contributed by atoms with Crippen molar-refractivity contribution < 1.29 is 9.84 Å². The molecule has 94 valence electrons. The Morgan fingerprint density at radius 3 is 2.35 bits per heavy atom. The number of hydrogen-bond donors (Lipinski definition) is 1. The van der Waals surface area contributed by atoms with Crippen LogP contribution < -0.4 is 0 Å². The minimum absolute atomic E-state index is 0.0973. The first kappa shape index (κ1) is 12.6. The smallest absolute Gasteiger partial charge is 0.105 e. The summed E-state index contributed by atoms with van der Waals surface area (Å²) in [7, 11) is 0. The van der Waals surface area contributed by atoms with Crippen LogP contribution in [0.25, 0.3) is 0 Å². The van der Waals surface area contributed by atoms with Crippen LogP contribution in [-0.4, -0.2) is 16.8 Å². The summed E-state index contributed by atoms with van der Waals surface area (Å²) in [6.45, 7) is 8.30. The average molecular weight is 234 g/mol. The van der Waals surface area contributed by atoms with Gasteiger partial charge in [-0.1, -0.05) is 31.2 Å². The molecule has 3 atom stereocenters. The van der Waals surface area contributed by atoms with E-state index in [1.54, 1.807) is 0 Å². The summed E-state index contributed by atoms with van der Waals surface area (Å²) in [4.78, 5) is 0. The van der Waals surface area contributed by atoms with Gasteiger partial charge in [-0.15, -0.1) is 0 Å². The lowest BCUT2D eigenvalue weighted by Gasteiger charge is -2.37. The molecule has 2 heteroatoms. The van der Waals surface area contributed by atoms with Crippen molar-refractivity contribution in [3.8, 4) is 0 Å². The van der Waals surface area contributed by atoms with Crippen molar-refractivity contribution in [2.75, 3.05) is 0 Å². The predicted octanol–water partition coefficient (Wildman–Crippen LogP) is 3.41. The van der Waals surface area contributed by atoms with Crippen LogP contribution in [0.5, 0.6) is 0 Å². The van der Waals surface area contributed by atoms with Crippen LogP contribution in [0.1, 0.15) is 57.3 Å². The highest BCUT2D eigenvalue weighted by Crippen LogP contribution is 2.39. The maximum atomic E-state index is 10.4. The van der Waals surface area contributed by atoms with E-state index in [1.165, 1.54) is 5.56 Å². The molecular formula is C15H22O2. The van der Waals surface area contributed by atoms with Crippen LogP contribution in [0, 0.1) is 0 Å². The van der Waals surface area contributed by atoms with Crippen LogP contribution in [0.2, 0.25) is 0 Å². The highest BCUT2D eigenvalue weighted by molar-refractivity contribution is 5.35. The normalized spacial score (nSPS) is 28.9. The van der Waals surface area contributed by atoms with E-state index in [-0.39, 0.29) is 11.7 Å². The van der Waals surface area contributed by atoms with Crippen molar-refractivity contribution in [1.82, 2.24) is 0 Å². The zero-order valence-electron chi connectivity index (χ0n) is 11.1. The fourth-order valence-electron chi connectivity index (χ4n) is 2.60. The Kier molecular flexibility index (Phi) is 3.28. The zero-order chi connectivity index (χ0) is 12.6. The number of rotatable bonds is 1. The third-order valence-electron chi connectivity index (χ3n) is 3.29. The molecule has 0 saturated heterocycles. The Morgan fingerprint density at radius 1 is 1.18 bits per heavy atom. The molecule has 0 aromatic heterocycles. The summed E-state index contributed by atoms with van der Waals surface area (Å²) in [6.07, 6.45) is 0.289. The first-order chi connectivity index (χ1) is 7.88. The van der Waals surface area contributed by atoms with Crippen molar-refractivity contribution >= 4 is 0 Å². The van der Waals surface area contributed by atoms with E-state index in [2.05, 4.69) is 13.0 Å². The van der Waals surface area contributed by atoms with E-state index >= 15 is 0 Å². The van der Waals surface area contributed by atoms with Crippen LogP contribution in [0.4, 0.5) is 0 Å².